The maximum atomic E-state index is 13.3. The van der Waals surface area contributed by atoms with Gasteiger partial charge < -0.3 is 4.52 Å². The van der Waals surface area contributed by atoms with Crippen LogP contribution in [-0.4, -0.2) is 33.4 Å². The van der Waals surface area contributed by atoms with E-state index in [1.54, 1.807) is 23.6 Å². The minimum Gasteiger partial charge on any atom is -0.360 e. The molecule has 6 heteroatoms. The fourth-order valence-electron chi connectivity index (χ4n) is 3.02. The Morgan fingerprint density at radius 1 is 1.15 bits per heavy atom. The number of carbonyl (C=O) groups excluding carboxylic acids is 1. The SMILES string of the molecule is Cc1onc(-c2ccccc2)c1C(=O)N1CCSC1=NCc1ccccc1. The number of hydrogen-bond donors (Lipinski definition) is 0. The van der Waals surface area contributed by atoms with E-state index in [2.05, 4.69) is 10.1 Å². The van der Waals surface area contributed by atoms with E-state index in [1.807, 2.05) is 60.7 Å². The Morgan fingerprint density at radius 3 is 2.59 bits per heavy atom. The highest BCUT2D eigenvalue weighted by molar-refractivity contribution is 8.14. The maximum absolute atomic E-state index is 13.3. The van der Waals surface area contributed by atoms with Crippen LogP contribution in [0.1, 0.15) is 21.7 Å². The van der Waals surface area contributed by atoms with Crippen molar-refractivity contribution < 1.29 is 9.32 Å². The first kappa shape index (κ1) is 17.5. The van der Waals surface area contributed by atoms with Gasteiger partial charge in [-0.15, -0.1) is 0 Å². The number of rotatable bonds is 4. The Hall–Kier alpha value is -2.86. The lowest BCUT2D eigenvalue weighted by molar-refractivity contribution is 0.0858. The van der Waals surface area contributed by atoms with Gasteiger partial charge in [0.15, 0.2) is 5.17 Å². The summed E-state index contributed by atoms with van der Waals surface area (Å²) in [5.74, 6) is 1.26. The Labute approximate surface area is 162 Å². The minimum absolute atomic E-state index is 0.107. The zero-order valence-electron chi connectivity index (χ0n) is 15.0. The van der Waals surface area contributed by atoms with E-state index in [4.69, 9.17) is 4.52 Å². The highest BCUT2D eigenvalue weighted by atomic mass is 32.2. The Kier molecular flexibility index (Phi) is 5.07. The van der Waals surface area contributed by atoms with Crippen LogP contribution in [0.2, 0.25) is 0 Å². The molecule has 0 radical (unpaired) electrons. The van der Waals surface area contributed by atoms with Gasteiger partial charge in [0.05, 0.1) is 6.54 Å². The highest BCUT2D eigenvalue weighted by Crippen LogP contribution is 2.29. The zero-order chi connectivity index (χ0) is 18.6. The highest BCUT2D eigenvalue weighted by Gasteiger charge is 2.31. The lowest BCUT2D eigenvalue weighted by atomic mass is 10.1. The number of amides is 1. The molecule has 136 valence electrons. The van der Waals surface area contributed by atoms with Gasteiger partial charge in [0.25, 0.3) is 5.91 Å². The van der Waals surface area contributed by atoms with Gasteiger partial charge in [-0.1, -0.05) is 77.6 Å². The summed E-state index contributed by atoms with van der Waals surface area (Å²) in [6, 6.07) is 19.7. The second-order valence-electron chi connectivity index (χ2n) is 6.22. The van der Waals surface area contributed by atoms with Crippen LogP contribution in [0.25, 0.3) is 11.3 Å². The summed E-state index contributed by atoms with van der Waals surface area (Å²) in [6.07, 6.45) is 0. The van der Waals surface area contributed by atoms with E-state index in [1.165, 1.54) is 0 Å². The van der Waals surface area contributed by atoms with E-state index < -0.39 is 0 Å². The molecule has 0 saturated carbocycles. The Bertz CT molecular complexity index is 968. The fraction of sp³-hybridized carbons (Fsp3) is 0.190. The zero-order valence-corrected chi connectivity index (χ0v) is 15.8. The molecular formula is C21H19N3O2S. The van der Waals surface area contributed by atoms with Crippen molar-refractivity contribution >= 4 is 22.8 Å². The van der Waals surface area contributed by atoms with Gasteiger partial charge in [-0.2, -0.15) is 0 Å². The van der Waals surface area contributed by atoms with Crippen LogP contribution in [0.15, 0.2) is 70.2 Å². The lowest BCUT2D eigenvalue weighted by Gasteiger charge is -2.16. The van der Waals surface area contributed by atoms with E-state index in [-0.39, 0.29) is 5.91 Å². The first-order valence-corrected chi connectivity index (χ1v) is 9.77. The number of carbonyl (C=O) groups is 1. The van der Waals surface area contributed by atoms with Crippen molar-refractivity contribution in [2.75, 3.05) is 12.3 Å². The topological polar surface area (TPSA) is 58.7 Å². The van der Waals surface area contributed by atoms with Crippen molar-refractivity contribution in [3.8, 4) is 11.3 Å². The number of hydrogen-bond acceptors (Lipinski definition) is 5. The van der Waals surface area contributed by atoms with E-state index in [9.17, 15) is 4.79 Å². The smallest absolute Gasteiger partial charge is 0.265 e. The average molecular weight is 377 g/mol. The molecule has 1 aromatic heterocycles. The summed E-state index contributed by atoms with van der Waals surface area (Å²) in [6.45, 7) is 2.97. The van der Waals surface area contributed by atoms with Gasteiger partial charge in [-0.05, 0) is 12.5 Å². The first-order valence-electron chi connectivity index (χ1n) is 8.79. The predicted molar refractivity (Wildman–Crippen MR) is 108 cm³/mol. The molecule has 3 aromatic rings. The predicted octanol–water partition coefficient (Wildman–Crippen LogP) is 4.40. The molecule has 27 heavy (non-hydrogen) atoms. The van der Waals surface area contributed by atoms with Crippen molar-refractivity contribution in [1.29, 1.82) is 0 Å². The fourth-order valence-corrected chi connectivity index (χ4v) is 3.96. The monoisotopic (exact) mass is 377 g/mol. The van der Waals surface area contributed by atoms with Crippen molar-refractivity contribution in [3.63, 3.8) is 0 Å². The largest absolute Gasteiger partial charge is 0.360 e. The molecule has 4 rings (SSSR count). The number of aryl methyl sites for hydroxylation is 1. The van der Waals surface area contributed by atoms with Gasteiger partial charge in [-0.3, -0.25) is 14.7 Å². The molecule has 1 saturated heterocycles. The molecule has 2 aromatic carbocycles. The summed E-state index contributed by atoms with van der Waals surface area (Å²) in [5.41, 5.74) is 3.08. The molecule has 0 atom stereocenters. The van der Waals surface area contributed by atoms with Gasteiger partial charge in [0, 0.05) is 17.9 Å². The third-order valence-corrected chi connectivity index (χ3v) is 5.38. The number of amidine groups is 1. The second kappa shape index (κ2) is 7.80. The molecule has 0 spiro atoms. The van der Waals surface area contributed by atoms with Gasteiger partial charge in [-0.25, -0.2) is 0 Å². The van der Waals surface area contributed by atoms with E-state index in [0.29, 0.717) is 30.1 Å². The quantitative estimate of drug-likeness (QED) is 0.676. The summed E-state index contributed by atoms with van der Waals surface area (Å²) >= 11 is 1.61. The summed E-state index contributed by atoms with van der Waals surface area (Å²) in [5, 5.41) is 4.88. The number of nitrogens with zero attached hydrogens (tertiary/aromatic N) is 3. The molecule has 1 amide bonds. The van der Waals surface area contributed by atoms with Gasteiger partial charge in [0.2, 0.25) is 0 Å². The normalized spacial score (nSPS) is 15.4. The number of aliphatic imine (C=N–C) groups is 1. The molecular weight excluding hydrogens is 358 g/mol. The van der Waals surface area contributed by atoms with Crippen LogP contribution in [0, 0.1) is 6.92 Å². The first-order chi connectivity index (χ1) is 13.2. The van der Waals surface area contributed by atoms with E-state index >= 15 is 0 Å². The van der Waals surface area contributed by atoms with Crippen molar-refractivity contribution in [1.82, 2.24) is 10.1 Å². The lowest BCUT2D eigenvalue weighted by Crippen LogP contribution is -2.32. The summed E-state index contributed by atoms with van der Waals surface area (Å²) in [7, 11) is 0. The number of thioether (sulfide) groups is 1. The van der Waals surface area contributed by atoms with Crippen LogP contribution in [0.5, 0.6) is 0 Å². The van der Waals surface area contributed by atoms with Crippen molar-refractivity contribution in [2.45, 2.75) is 13.5 Å². The summed E-state index contributed by atoms with van der Waals surface area (Å²) < 4.78 is 5.35. The Balaban J connectivity index is 1.62. The minimum atomic E-state index is -0.107. The van der Waals surface area contributed by atoms with Crippen LogP contribution in [0.4, 0.5) is 0 Å². The standard InChI is InChI=1S/C21H19N3O2S/c1-15-18(19(23-26-15)17-10-6-3-7-11-17)20(25)24-12-13-27-21(24)22-14-16-8-4-2-5-9-16/h2-11H,12-14H2,1H3. The summed E-state index contributed by atoms with van der Waals surface area (Å²) in [4.78, 5) is 19.7. The molecule has 0 N–H and O–H groups in total. The number of aromatic nitrogens is 1. The van der Waals surface area contributed by atoms with Crippen molar-refractivity contribution in [2.24, 2.45) is 4.99 Å². The van der Waals surface area contributed by atoms with E-state index in [0.717, 1.165) is 22.0 Å². The molecule has 1 aliphatic rings. The van der Waals surface area contributed by atoms with Gasteiger partial charge in [0.1, 0.15) is 17.0 Å². The Morgan fingerprint density at radius 2 is 1.85 bits per heavy atom. The van der Waals surface area contributed by atoms with Crippen LogP contribution < -0.4 is 0 Å². The van der Waals surface area contributed by atoms with Crippen molar-refractivity contribution in [3.05, 3.63) is 77.6 Å². The van der Waals surface area contributed by atoms with Crippen LogP contribution in [0.3, 0.4) is 0 Å². The molecule has 1 fully saturated rings. The molecule has 0 bridgehead atoms. The third-order valence-electron chi connectivity index (χ3n) is 4.39. The molecule has 2 heterocycles. The molecule has 5 nitrogen and oxygen atoms in total. The molecule has 0 aliphatic carbocycles. The van der Waals surface area contributed by atoms with Crippen LogP contribution in [-0.2, 0) is 6.54 Å². The second-order valence-corrected chi connectivity index (χ2v) is 7.28. The molecule has 0 unspecified atom stereocenters. The third kappa shape index (κ3) is 3.66. The average Bonchev–Trinajstić information content (AvgIpc) is 3.34. The van der Waals surface area contributed by atoms with Gasteiger partial charge >= 0.3 is 0 Å². The van der Waals surface area contributed by atoms with Crippen LogP contribution >= 0.6 is 11.8 Å². The molecule has 1 aliphatic heterocycles. The maximum Gasteiger partial charge on any atom is 0.265 e. The number of benzene rings is 2.